The Kier molecular flexibility index (Phi) is 4.24. The Morgan fingerprint density at radius 1 is 1.14 bits per heavy atom. The second-order valence-electron chi connectivity index (χ2n) is 7.06. The number of nitrogens with zero attached hydrogens (tertiary/aromatic N) is 2. The third-order valence-corrected chi connectivity index (χ3v) is 5.29. The van der Waals surface area contributed by atoms with Crippen molar-refractivity contribution in [3.05, 3.63) is 71.1 Å². The molecule has 5 rings (SSSR count). The molecular weight excluding hydrogens is 364 g/mol. The van der Waals surface area contributed by atoms with Crippen LogP contribution in [0, 0.1) is 11.6 Å². The van der Waals surface area contributed by atoms with E-state index in [1.165, 1.54) is 12.1 Å². The van der Waals surface area contributed by atoms with Crippen molar-refractivity contribution in [2.24, 2.45) is 0 Å². The quantitative estimate of drug-likeness (QED) is 0.739. The van der Waals surface area contributed by atoms with Crippen molar-refractivity contribution in [3.63, 3.8) is 0 Å². The Morgan fingerprint density at radius 2 is 2.00 bits per heavy atom. The molecular formula is C21H19F2N3O2. The van der Waals surface area contributed by atoms with E-state index in [0.717, 1.165) is 53.6 Å². The van der Waals surface area contributed by atoms with Gasteiger partial charge >= 0.3 is 0 Å². The van der Waals surface area contributed by atoms with E-state index >= 15 is 0 Å². The molecule has 0 bridgehead atoms. The molecule has 0 amide bonds. The SMILES string of the molecule is Fc1cc(F)cc(-n2ncc3c2CCC[C@H]3NCc2cccc3c2OCO3)c1. The van der Waals surface area contributed by atoms with Crippen molar-refractivity contribution < 1.29 is 18.3 Å². The zero-order chi connectivity index (χ0) is 19.1. The molecule has 0 radical (unpaired) electrons. The number of nitrogens with one attached hydrogen (secondary N) is 1. The van der Waals surface area contributed by atoms with Gasteiger partial charge in [-0.1, -0.05) is 12.1 Å². The van der Waals surface area contributed by atoms with Crippen molar-refractivity contribution in [1.82, 2.24) is 15.1 Å². The summed E-state index contributed by atoms with van der Waals surface area (Å²) in [7, 11) is 0. The molecule has 2 aromatic carbocycles. The van der Waals surface area contributed by atoms with Gasteiger partial charge in [0, 0.05) is 35.5 Å². The van der Waals surface area contributed by atoms with Gasteiger partial charge in [-0.15, -0.1) is 0 Å². The number of para-hydroxylation sites is 1. The minimum absolute atomic E-state index is 0.120. The van der Waals surface area contributed by atoms with Gasteiger partial charge in [0.25, 0.3) is 0 Å². The smallest absolute Gasteiger partial charge is 0.231 e. The largest absolute Gasteiger partial charge is 0.454 e. The lowest BCUT2D eigenvalue weighted by atomic mass is 9.92. The summed E-state index contributed by atoms with van der Waals surface area (Å²) in [6.45, 7) is 0.882. The Hall–Kier alpha value is -2.93. The molecule has 1 atom stereocenters. The molecule has 28 heavy (non-hydrogen) atoms. The predicted octanol–water partition coefficient (Wildman–Crippen LogP) is 4.05. The number of benzene rings is 2. The molecule has 2 aliphatic rings. The maximum atomic E-state index is 13.6. The molecule has 1 aliphatic heterocycles. The molecule has 2 heterocycles. The Labute approximate surface area is 160 Å². The Bertz CT molecular complexity index is 1010. The average Bonchev–Trinajstić information content (AvgIpc) is 3.32. The molecule has 0 fully saturated rings. The summed E-state index contributed by atoms with van der Waals surface area (Å²) in [5, 5.41) is 7.99. The molecule has 5 nitrogen and oxygen atoms in total. The van der Waals surface area contributed by atoms with Crippen LogP contribution in [0.2, 0.25) is 0 Å². The summed E-state index contributed by atoms with van der Waals surface area (Å²) in [4.78, 5) is 0. The standard InChI is InChI=1S/C21H19F2N3O2/c22-14-7-15(23)9-16(8-14)26-19-5-2-4-18(17(19)11-25-26)24-10-13-3-1-6-20-21(13)28-12-27-20/h1,3,6-9,11,18,24H,2,4-5,10,12H2/t18-/m1/s1. The highest BCUT2D eigenvalue weighted by Gasteiger charge is 2.26. The first-order valence-corrected chi connectivity index (χ1v) is 9.33. The molecule has 1 N–H and O–H groups in total. The Balaban J connectivity index is 1.40. The highest BCUT2D eigenvalue weighted by molar-refractivity contribution is 5.48. The number of halogens is 2. The van der Waals surface area contributed by atoms with Crippen LogP contribution in [0.4, 0.5) is 8.78 Å². The van der Waals surface area contributed by atoms with Crippen LogP contribution in [0.5, 0.6) is 11.5 Å². The topological polar surface area (TPSA) is 48.3 Å². The van der Waals surface area contributed by atoms with E-state index in [-0.39, 0.29) is 12.8 Å². The van der Waals surface area contributed by atoms with E-state index in [0.29, 0.717) is 12.2 Å². The van der Waals surface area contributed by atoms with Gasteiger partial charge in [-0.3, -0.25) is 0 Å². The van der Waals surface area contributed by atoms with E-state index < -0.39 is 11.6 Å². The molecule has 1 aromatic heterocycles. The van der Waals surface area contributed by atoms with Crippen LogP contribution in [0.25, 0.3) is 5.69 Å². The molecule has 3 aromatic rings. The zero-order valence-electron chi connectivity index (χ0n) is 15.1. The summed E-state index contributed by atoms with van der Waals surface area (Å²) in [6, 6.07) is 9.46. The number of hydrogen-bond acceptors (Lipinski definition) is 4. The Morgan fingerprint density at radius 3 is 2.86 bits per heavy atom. The normalized spacial score (nSPS) is 17.6. The number of ether oxygens (including phenoxy) is 2. The minimum atomic E-state index is -0.607. The van der Waals surface area contributed by atoms with Gasteiger partial charge in [-0.25, -0.2) is 13.5 Å². The summed E-state index contributed by atoms with van der Waals surface area (Å²) >= 11 is 0. The van der Waals surface area contributed by atoms with Crippen LogP contribution in [0.1, 0.15) is 35.7 Å². The van der Waals surface area contributed by atoms with E-state index in [4.69, 9.17) is 9.47 Å². The van der Waals surface area contributed by atoms with Gasteiger partial charge in [0.2, 0.25) is 6.79 Å². The fraction of sp³-hybridized carbons (Fsp3) is 0.286. The molecule has 0 saturated carbocycles. The third-order valence-electron chi connectivity index (χ3n) is 5.29. The first-order valence-electron chi connectivity index (χ1n) is 9.33. The van der Waals surface area contributed by atoms with Crippen molar-refractivity contribution >= 4 is 0 Å². The van der Waals surface area contributed by atoms with Crippen LogP contribution >= 0.6 is 0 Å². The van der Waals surface area contributed by atoms with Gasteiger partial charge in [-0.2, -0.15) is 5.10 Å². The fourth-order valence-corrected chi connectivity index (χ4v) is 4.02. The second kappa shape index (κ2) is 6.91. The number of fused-ring (bicyclic) bond motifs is 2. The monoisotopic (exact) mass is 383 g/mol. The van der Waals surface area contributed by atoms with E-state index in [1.807, 2.05) is 18.2 Å². The van der Waals surface area contributed by atoms with Crippen LogP contribution < -0.4 is 14.8 Å². The molecule has 1 aliphatic carbocycles. The van der Waals surface area contributed by atoms with Crippen LogP contribution in [-0.4, -0.2) is 16.6 Å². The van der Waals surface area contributed by atoms with Gasteiger partial charge in [-0.05, 0) is 37.5 Å². The zero-order valence-corrected chi connectivity index (χ0v) is 15.1. The minimum Gasteiger partial charge on any atom is -0.454 e. The van der Waals surface area contributed by atoms with E-state index in [9.17, 15) is 8.78 Å². The van der Waals surface area contributed by atoms with Gasteiger partial charge < -0.3 is 14.8 Å². The number of hydrogen-bond donors (Lipinski definition) is 1. The van der Waals surface area contributed by atoms with Gasteiger partial charge in [0.1, 0.15) is 11.6 Å². The highest BCUT2D eigenvalue weighted by Crippen LogP contribution is 2.36. The fourth-order valence-electron chi connectivity index (χ4n) is 4.02. The molecule has 0 saturated heterocycles. The van der Waals surface area contributed by atoms with Crippen molar-refractivity contribution in [2.75, 3.05) is 6.79 Å². The number of aromatic nitrogens is 2. The lowest BCUT2D eigenvalue weighted by molar-refractivity contribution is 0.173. The lowest BCUT2D eigenvalue weighted by Gasteiger charge is -2.24. The summed E-state index contributed by atoms with van der Waals surface area (Å²) in [5.74, 6) is 0.344. The van der Waals surface area contributed by atoms with Gasteiger partial charge in [0.15, 0.2) is 11.5 Å². The van der Waals surface area contributed by atoms with Crippen molar-refractivity contribution in [2.45, 2.75) is 31.8 Å². The average molecular weight is 383 g/mol. The molecule has 7 heteroatoms. The van der Waals surface area contributed by atoms with Crippen LogP contribution in [0.3, 0.4) is 0 Å². The first-order chi connectivity index (χ1) is 13.7. The predicted molar refractivity (Wildman–Crippen MR) is 98.6 cm³/mol. The van der Waals surface area contributed by atoms with Crippen molar-refractivity contribution in [1.29, 1.82) is 0 Å². The van der Waals surface area contributed by atoms with Crippen molar-refractivity contribution in [3.8, 4) is 17.2 Å². The van der Waals surface area contributed by atoms with E-state index in [2.05, 4.69) is 10.4 Å². The summed E-state index contributed by atoms with van der Waals surface area (Å²) in [6.07, 6.45) is 4.57. The molecule has 0 unspecified atom stereocenters. The summed E-state index contributed by atoms with van der Waals surface area (Å²) in [5.41, 5.74) is 3.51. The highest BCUT2D eigenvalue weighted by atomic mass is 19.1. The van der Waals surface area contributed by atoms with Crippen LogP contribution in [0.15, 0.2) is 42.6 Å². The van der Waals surface area contributed by atoms with Crippen LogP contribution in [-0.2, 0) is 13.0 Å². The first kappa shape index (κ1) is 17.2. The van der Waals surface area contributed by atoms with E-state index in [1.54, 1.807) is 10.9 Å². The maximum Gasteiger partial charge on any atom is 0.231 e. The third kappa shape index (κ3) is 3.01. The maximum absolute atomic E-state index is 13.6. The second-order valence-corrected chi connectivity index (χ2v) is 7.06. The molecule has 0 spiro atoms. The molecule has 144 valence electrons. The lowest BCUT2D eigenvalue weighted by Crippen LogP contribution is -2.25. The number of rotatable bonds is 4. The van der Waals surface area contributed by atoms with Gasteiger partial charge in [0.05, 0.1) is 11.9 Å². The summed E-state index contributed by atoms with van der Waals surface area (Å²) < 4.78 is 39.9.